The number of benzene rings is 1. The Morgan fingerprint density at radius 1 is 1.06 bits per heavy atom. The first-order valence-corrected chi connectivity index (χ1v) is 12.6. The second kappa shape index (κ2) is 13.1. The lowest BCUT2D eigenvalue weighted by Crippen LogP contribution is -2.48. The third kappa shape index (κ3) is 7.67. The van der Waals surface area contributed by atoms with Gasteiger partial charge in [-0.3, -0.25) is 4.90 Å². The Labute approximate surface area is 197 Å². The molecule has 1 aromatic rings. The van der Waals surface area contributed by atoms with E-state index < -0.39 is 17.8 Å². The average molecular weight is 471 g/mol. The Balaban J connectivity index is 1.76. The van der Waals surface area contributed by atoms with Gasteiger partial charge in [-0.1, -0.05) is 50.3 Å². The van der Waals surface area contributed by atoms with Gasteiger partial charge in [0.2, 0.25) is 0 Å². The Morgan fingerprint density at radius 2 is 1.82 bits per heavy atom. The molecule has 0 amide bonds. The van der Waals surface area contributed by atoms with Crippen LogP contribution in [-0.2, 0) is 15.7 Å². The number of methoxy groups -OCH3 is 1. The zero-order valence-electron chi connectivity index (χ0n) is 20.0. The fourth-order valence-corrected chi connectivity index (χ4v) is 5.72. The van der Waals surface area contributed by atoms with Crippen molar-refractivity contribution in [1.29, 1.82) is 0 Å². The Morgan fingerprint density at radius 3 is 2.52 bits per heavy atom. The first-order valence-electron chi connectivity index (χ1n) is 12.6. The third-order valence-electron chi connectivity index (χ3n) is 7.40. The minimum absolute atomic E-state index is 0.00482. The largest absolute Gasteiger partial charge is 0.416 e. The molecule has 0 bridgehead atoms. The van der Waals surface area contributed by atoms with Crippen LogP contribution in [0.1, 0.15) is 75.0 Å². The van der Waals surface area contributed by atoms with E-state index in [0.29, 0.717) is 32.2 Å². The second-order valence-corrected chi connectivity index (χ2v) is 9.75. The highest BCUT2D eigenvalue weighted by molar-refractivity contribution is 5.32. The summed E-state index contributed by atoms with van der Waals surface area (Å²) in [4.78, 5) is 2.44. The molecule has 3 atom stereocenters. The van der Waals surface area contributed by atoms with Gasteiger partial charge in [0.25, 0.3) is 0 Å². The van der Waals surface area contributed by atoms with Crippen LogP contribution in [0.5, 0.6) is 0 Å². The molecule has 3 rings (SSSR count). The van der Waals surface area contributed by atoms with E-state index in [4.69, 9.17) is 15.2 Å². The highest BCUT2D eigenvalue weighted by atomic mass is 19.4. The summed E-state index contributed by atoms with van der Waals surface area (Å²) in [7, 11) is 1.62. The molecule has 0 aromatic heterocycles. The number of nitrogens with zero attached hydrogens (tertiary/aromatic N) is 1. The highest BCUT2D eigenvalue weighted by Crippen LogP contribution is 2.41. The predicted octanol–water partition coefficient (Wildman–Crippen LogP) is 5.81. The Hall–Kier alpha value is -1.15. The average Bonchev–Trinajstić information content (AvgIpc) is 2.83. The molecular weight excluding hydrogens is 429 g/mol. The summed E-state index contributed by atoms with van der Waals surface area (Å²) >= 11 is 0. The molecule has 1 aromatic carbocycles. The molecule has 7 heteroatoms. The number of ether oxygens (including phenoxy) is 2. The molecule has 0 radical (unpaired) electrons. The maximum absolute atomic E-state index is 13.8. The van der Waals surface area contributed by atoms with Crippen molar-refractivity contribution in [3.8, 4) is 0 Å². The number of nitrogens with two attached hydrogens (primary N) is 1. The second-order valence-electron chi connectivity index (χ2n) is 9.75. The van der Waals surface area contributed by atoms with Crippen molar-refractivity contribution in [2.45, 2.75) is 76.1 Å². The Bertz CT molecular complexity index is 694. The van der Waals surface area contributed by atoms with E-state index >= 15 is 0 Å². The predicted molar refractivity (Wildman–Crippen MR) is 125 cm³/mol. The SMILES string of the molecule is COCCCO[C@@H](c1ccccc1C(F)(F)F)[C@@H]1CCCN([C@H](CN)CC2CCCCC2)C1. The number of rotatable bonds is 11. The van der Waals surface area contributed by atoms with Gasteiger partial charge < -0.3 is 15.2 Å². The van der Waals surface area contributed by atoms with Crippen molar-refractivity contribution in [1.82, 2.24) is 4.90 Å². The number of hydrogen-bond donors (Lipinski definition) is 1. The molecule has 1 aliphatic heterocycles. The van der Waals surface area contributed by atoms with E-state index in [0.717, 1.165) is 38.3 Å². The first kappa shape index (κ1) is 26.5. The highest BCUT2D eigenvalue weighted by Gasteiger charge is 2.39. The molecule has 4 nitrogen and oxygen atoms in total. The monoisotopic (exact) mass is 470 g/mol. The molecule has 2 aliphatic rings. The summed E-state index contributed by atoms with van der Waals surface area (Å²) in [5.41, 5.74) is 5.88. The van der Waals surface area contributed by atoms with Crippen LogP contribution in [0.3, 0.4) is 0 Å². The number of alkyl halides is 3. The smallest absolute Gasteiger partial charge is 0.385 e. The molecule has 1 aliphatic carbocycles. The molecule has 188 valence electrons. The fraction of sp³-hybridized carbons (Fsp3) is 0.769. The fourth-order valence-electron chi connectivity index (χ4n) is 5.72. The van der Waals surface area contributed by atoms with Crippen molar-refractivity contribution in [3.63, 3.8) is 0 Å². The summed E-state index contributed by atoms with van der Waals surface area (Å²) in [5, 5.41) is 0. The number of likely N-dealkylation sites (tertiary alicyclic amines) is 1. The number of piperidine rings is 1. The van der Waals surface area contributed by atoms with Gasteiger partial charge in [-0.2, -0.15) is 13.2 Å². The summed E-state index contributed by atoms with van der Waals surface area (Å²) in [6.07, 6.45) is 5.07. The van der Waals surface area contributed by atoms with Gasteiger partial charge >= 0.3 is 6.18 Å². The zero-order chi connectivity index (χ0) is 23.7. The van der Waals surface area contributed by atoms with Crippen LogP contribution in [-0.4, -0.2) is 50.9 Å². The molecule has 2 N–H and O–H groups in total. The maximum atomic E-state index is 13.8. The molecule has 2 fully saturated rings. The number of hydrogen-bond acceptors (Lipinski definition) is 4. The third-order valence-corrected chi connectivity index (χ3v) is 7.40. The lowest BCUT2D eigenvalue weighted by atomic mass is 9.82. The minimum atomic E-state index is -4.40. The van der Waals surface area contributed by atoms with Crippen molar-refractivity contribution in [2.24, 2.45) is 17.6 Å². The van der Waals surface area contributed by atoms with Gasteiger partial charge in [0, 0.05) is 45.4 Å². The van der Waals surface area contributed by atoms with Gasteiger partial charge in [-0.05, 0) is 49.8 Å². The molecule has 1 saturated heterocycles. The van der Waals surface area contributed by atoms with Gasteiger partial charge in [-0.25, -0.2) is 0 Å². The van der Waals surface area contributed by atoms with Crippen LogP contribution >= 0.6 is 0 Å². The van der Waals surface area contributed by atoms with Gasteiger partial charge in [-0.15, -0.1) is 0 Å². The van der Waals surface area contributed by atoms with Crippen LogP contribution in [0.25, 0.3) is 0 Å². The molecule has 33 heavy (non-hydrogen) atoms. The van der Waals surface area contributed by atoms with E-state index in [9.17, 15) is 13.2 Å². The normalized spacial score (nSPS) is 22.9. The summed E-state index contributed by atoms with van der Waals surface area (Å²) in [5.74, 6) is 0.727. The van der Waals surface area contributed by atoms with Gasteiger partial charge in [0.1, 0.15) is 0 Å². The molecule has 1 heterocycles. The molecule has 1 saturated carbocycles. The maximum Gasteiger partial charge on any atom is 0.416 e. The van der Waals surface area contributed by atoms with E-state index in [1.165, 1.54) is 44.2 Å². The first-order chi connectivity index (χ1) is 15.9. The van der Waals surface area contributed by atoms with Crippen molar-refractivity contribution < 1.29 is 22.6 Å². The van der Waals surface area contributed by atoms with Crippen molar-refractivity contribution >= 4 is 0 Å². The topological polar surface area (TPSA) is 47.7 Å². The van der Waals surface area contributed by atoms with Crippen molar-refractivity contribution in [3.05, 3.63) is 35.4 Å². The molecule has 0 unspecified atom stereocenters. The van der Waals surface area contributed by atoms with E-state index in [1.54, 1.807) is 19.2 Å². The zero-order valence-corrected chi connectivity index (χ0v) is 20.0. The van der Waals surface area contributed by atoms with Crippen LogP contribution in [0.4, 0.5) is 13.2 Å². The Kier molecular flexibility index (Phi) is 10.5. The number of halogens is 3. The quantitative estimate of drug-likeness (QED) is 0.415. The van der Waals surface area contributed by atoms with Crippen LogP contribution in [0.15, 0.2) is 24.3 Å². The van der Waals surface area contributed by atoms with Crippen molar-refractivity contribution in [2.75, 3.05) is 40.0 Å². The molecule has 0 spiro atoms. The molecular formula is C26H41F3N2O2. The van der Waals surface area contributed by atoms with Gasteiger partial charge in [0.15, 0.2) is 0 Å². The van der Waals surface area contributed by atoms with E-state index in [2.05, 4.69) is 4.90 Å². The lowest BCUT2D eigenvalue weighted by Gasteiger charge is -2.42. The van der Waals surface area contributed by atoms with Crippen LogP contribution in [0, 0.1) is 11.8 Å². The lowest BCUT2D eigenvalue weighted by molar-refractivity contribution is -0.140. The standard InChI is InChI=1S/C26H41F3N2O2/c1-32-15-8-16-33-25(23-12-5-6-13-24(23)26(27,28)29)21-11-7-14-31(19-21)22(18-30)17-20-9-3-2-4-10-20/h5-6,12-13,20-22,25H,2-4,7-11,14-19,30H2,1H3/t21-,22+,25-/m1/s1. The summed E-state index contributed by atoms with van der Waals surface area (Å²) in [6.45, 7) is 3.20. The minimum Gasteiger partial charge on any atom is -0.385 e. The van der Waals surface area contributed by atoms with E-state index in [1.807, 2.05) is 0 Å². The van der Waals surface area contributed by atoms with E-state index in [-0.39, 0.29) is 11.5 Å². The summed E-state index contributed by atoms with van der Waals surface area (Å²) in [6, 6.07) is 6.19. The van der Waals surface area contributed by atoms with Gasteiger partial charge in [0.05, 0.1) is 11.7 Å². The van der Waals surface area contributed by atoms with Crippen LogP contribution in [0.2, 0.25) is 0 Å². The van der Waals surface area contributed by atoms with Crippen LogP contribution < -0.4 is 5.73 Å². The summed E-state index contributed by atoms with van der Waals surface area (Å²) < 4.78 is 52.8.